The number of hydrogen-bond donors (Lipinski definition) is 2. The van der Waals surface area contributed by atoms with Crippen LogP contribution in [0, 0.1) is 5.82 Å². The molecule has 0 radical (unpaired) electrons. The average molecular weight is 468 g/mol. The molecule has 0 saturated carbocycles. The van der Waals surface area contributed by atoms with Gasteiger partial charge < -0.3 is 10.6 Å². The van der Waals surface area contributed by atoms with Gasteiger partial charge in [-0.1, -0.05) is 30.0 Å². The number of anilines is 1. The minimum Gasteiger partial charge on any atom is -0.348 e. The molecule has 9 heteroatoms. The maximum Gasteiger partial charge on any atom is 0.270 e. The third kappa shape index (κ3) is 5.80. The van der Waals surface area contributed by atoms with Gasteiger partial charge in [0.15, 0.2) is 5.16 Å². The Morgan fingerprint density at radius 2 is 1.79 bits per heavy atom. The molecule has 1 aliphatic heterocycles. The van der Waals surface area contributed by atoms with E-state index >= 15 is 0 Å². The smallest absolute Gasteiger partial charge is 0.270 e. The number of nitrogens with one attached hydrogen (secondary N) is 2. The summed E-state index contributed by atoms with van der Waals surface area (Å²) in [6.45, 7) is 1.77. The van der Waals surface area contributed by atoms with Crippen LogP contribution in [0.4, 0.5) is 10.1 Å². The minimum atomic E-state index is -0.334. The Morgan fingerprint density at radius 1 is 1.09 bits per heavy atom. The Labute approximate surface area is 196 Å². The van der Waals surface area contributed by atoms with Gasteiger partial charge in [0.1, 0.15) is 11.5 Å². The molecule has 0 spiro atoms. The van der Waals surface area contributed by atoms with Gasteiger partial charge in [0.25, 0.3) is 5.91 Å². The number of para-hydroxylation sites is 1. The molecule has 4 rings (SSSR count). The lowest BCUT2D eigenvalue weighted by molar-refractivity contribution is -0.117. The van der Waals surface area contributed by atoms with E-state index in [4.69, 9.17) is 0 Å². The molecule has 0 atom stereocenters. The van der Waals surface area contributed by atoms with Crippen molar-refractivity contribution in [2.45, 2.75) is 24.0 Å². The van der Waals surface area contributed by atoms with E-state index in [-0.39, 0.29) is 23.7 Å². The van der Waals surface area contributed by atoms with E-state index in [1.165, 1.54) is 23.9 Å². The molecule has 33 heavy (non-hydrogen) atoms. The van der Waals surface area contributed by atoms with Crippen molar-refractivity contribution < 1.29 is 14.0 Å². The monoisotopic (exact) mass is 467 g/mol. The number of rotatable bonds is 7. The number of likely N-dealkylation sites (tertiary alicyclic amines) is 1. The zero-order chi connectivity index (χ0) is 23.2. The number of piperidine rings is 1. The van der Waals surface area contributed by atoms with E-state index in [0.29, 0.717) is 23.1 Å². The van der Waals surface area contributed by atoms with Crippen molar-refractivity contribution in [1.29, 1.82) is 0 Å². The summed E-state index contributed by atoms with van der Waals surface area (Å²) in [5.74, 6) is -0.594. The molecule has 172 valence electrons. The van der Waals surface area contributed by atoms with Gasteiger partial charge in [0.05, 0.1) is 12.7 Å². The van der Waals surface area contributed by atoms with Gasteiger partial charge in [0, 0.05) is 30.5 Å². The third-order valence-electron chi connectivity index (χ3n) is 5.58. The van der Waals surface area contributed by atoms with Crippen LogP contribution < -0.4 is 10.6 Å². The second kappa shape index (κ2) is 10.6. The summed E-state index contributed by atoms with van der Waals surface area (Å²) in [7, 11) is 0. The number of thioether (sulfide) groups is 1. The van der Waals surface area contributed by atoms with Crippen LogP contribution in [-0.2, 0) is 4.79 Å². The topological polar surface area (TPSA) is 79.3 Å². The number of aromatic nitrogens is 2. The lowest BCUT2D eigenvalue weighted by atomic mass is 10.0. The first-order valence-electron chi connectivity index (χ1n) is 10.8. The molecule has 2 amide bonds. The van der Waals surface area contributed by atoms with E-state index in [2.05, 4.69) is 20.5 Å². The van der Waals surface area contributed by atoms with Gasteiger partial charge in [0.2, 0.25) is 5.91 Å². The van der Waals surface area contributed by atoms with E-state index in [1.807, 2.05) is 36.6 Å². The van der Waals surface area contributed by atoms with Crippen LogP contribution in [0.1, 0.15) is 23.3 Å². The molecule has 7 nitrogen and oxygen atoms in total. The molecule has 1 aliphatic rings. The zero-order valence-corrected chi connectivity index (χ0v) is 19.1. The minimum absolute atomic E-state index is 0.0141. The Kier molecular flexibility index (Phi) is 7.41. The molecule has 2 heterocycles. The molecule has 2 aromatic carbocycles. The second-order valence-electron chi connectivity index (χ2n) is 7.88. The summed E-state index contributed by atoms with van der Waals surface area (Å²) in [6.07, 6.45) is 4.94. The highest BCUT2D eigenvalue weighted by atomic mass is 32.2. The van der Waals surface area contributed by atoms with Gasteiger partial charge in [-0.05, 0) is 55.5 Å². The molecule has 2 N–H and O–H groups in total. The Morgan fingerprint density at radius 3 is 2.45 bits per heavy atom. The van der Waals surface area contributed by atoms with Crippen molar-refractivity contribution in [2.24, 2.45) is 0 Å². The van der Waals surface area contributed by atoms with Crippen molar-refractivity contribution in [3.8, 4) is 5.69 Å². The van der Waals surface area contributed by atoms with Crippen LogP contribution in [0.25, 0.3) is 5.69 Å². The fraction of sp³-hybridized carbons (Fsp3) is 0.292. The predicted molar refractivity (Wildman–Crippen MR) is 127 cm³/mol. The maximum absolute atomic E-state index is 13.4. The molecular weight excluding hydrogens is 441 g/mol. The number of amides is 2. The molecule has 3 aromatic rings. The van der Waals surface area contributed by atoms with Crippen LogP contribution in [0.5, 0.6) is 0 Å². The quantitative estimate of drug-likeness (QED) is 0.520. The average Bonchev–Trinajstić information content (AvgIpc) is 3.26. The van der Waals surface area contributed by atoms with Crippen molar-refractivity contribution in [2.75, 3.05) is 31.2 Å². The molecular formula is C24H26FN5O2S. The van der Waals surface area contributed by atoms with Gasteiger partial charge in [-0.25, -0.2) is 9.37 Å². The number of benzene rings is 2. The van der Waals surface area contributed by atoms with E-state index in [1.54, 1.807) is 22.9 Å². The number of nitrogens with zero attached hydrogens (tertiary/aromatic N) is 3. The van der Waals surface area contributed by atoms with Gasteiger partial charge >= 0.3 is 0 Å². The van der Waals surface area contributed by atoms with E-state index in [9.17, 15) is 14.0 Å². The van der Waals surface area contributed by atoms with Crippen LogP contribution in [-0.4, -0.2) is 58.2 Å². The Hall–Kier alpha value is -3.17. The summed E-state index contributed by atoms with van der Waals surface area (Å²) >= 11 is 1.42. The van der Waals surface area contributed by atoms with Gasteiger partial charge in [-0.15, -0.1) is 0 Å². The summed E-state index contributed by atoms with van der Waals surface area (Å²) in [4.78, 5) is 31.8. The van der Waals surface area contributed by atoms with E-state index in [0.717, 1.165) is 31.6 Å². The summed E-state index contributed by atoms with van der Waals surface area (Å²) in [5, 5.41) is 6.66. The standard InChI is InChI=1S/C24H26FN5O2S/c1-33-24-26-15-21(30(24)20-9-7-17(25)8-10-20)23(32)28-19-11-13-29(14-12-19)16-22(31)27-18-5-3-2-4-6-18/h2-10,15,19H,11-14,16H2,1H3,(H,27,31)(H,28,32). The number of carbonyl (C=O) groups is 2. The highest BCUT2D eigenvalue weighted by Crippen LogP contribution is 2.22. The van der Waals surface area contributed by atoms with Crippen molar-refractivity contribution >= 4 is 29.3 Å². The summed E-state index contributed by atoms with van der Waals surface area (Å²) in [5.41, 5.74) is 1.88. The molecule has 0 aliphatic carbocycles. The van der Waals surface area contributed by atoms with Crippen LogP contribution >= 0.6 is 11.8 Å². The zero-order valence-electron chi connectivity index (χ0n) is 18.3. The number of imidazole rings is 1. The Balaban J connectivity index is 1.33. The Bertz CT molecular complexity index is 1100. The third-order valence-corrected chi connectivity index (χ3v) is 6.23. The summed E-state index contributed by atoms with van der Waals surface area (Å²) in [6, 6.07) is 15.4. The SMILES string of the molecule is CSc1ncc(C(=O)NC2CCN(CC(=O)Nc3ccccc3)CC2)n1-c1ccc(F)cc1. The lowest BCUT2D eigenvalue weighted by Gasteiger charge is -2.31. The molecule has 0 bridgehead atoms. The normalized spacial score (nSPS) is 14.7. The predicted octanol–water partition coefficient (Wildman–Crippen LogP) is 3.57. The first-order chi connectivity index (χ1) is 16.0. The summed E-state index contributed by atoms with van der Waals surface area (Å²) < 4.78 is 15.1. The van der Waals surface area contributed by atoms with Gasteiger partial charge in [-0.2, -0.15) is 0 Å². The van der Waals surface area contributed by atoms with Crippen LogP contribution in [0.3, 0.4) is 0 Å². The van der Waals surface area contributed by atoms with Crippen LogP contribution in [0.15, 0.2) is 66.0 Å². The first kappa shape index (κ1) is 23.0. The highest BCUT2D eigenvalue weighted by molar-refractivity contribution is 7.98. The number of carbonyl (C=O) groups excluding carboxylic acids is 2. The van der Waals surface area contributed by atoms with E-state index < -0.39 is 0 Å². The lowest BCUT2D eigenvalue weighted by Crippen LogP contribution is -2.46. The van der Waals surface area contributed by atoms with Crippen LogP contribution in [0.2, 0.25) is 0 Å². The fourth-order valence-corrected chi connectivity index (χ4v) is 4.44. The largest absolute Gasteiger partial charge is 0.348 e. The van der Waals surface area contributed by atoms with Crippen molar-refractivity contribution in [1.82, 2.24) is 19.8 Å². The second-order valence-corrected chi connectivity index (χ2v) is 8.65. The highest BCUT2D eigenvalue weighted by Gasteiger charge is 2.25. The number of halogens is 1. The molecule has 0 unspecified atom stereocenters. The molecule has 1 aromatic heterocycles. The van der Waals surface area contributed by atoms with Crippen molar-refractivity contribution in [3.05, 3.63) is 72.3 Å². The molecule has 1 fully saturated rings. The number of hydrogen-bond acceptors (Lipinski definition) is 5. The fourth-order valence-electron chi connectivity index (χ4n) is 3.90. The maximum atomic E-state index is 13.4. The first-order valence-corrected chi connectivity index (χ1v) is 12.0. The molecule has 1 saturated heterocycles. The van der Waals surface area contributed by atoms with Crippen molar-refractivity contribution in [3.63, 3.8) is 0 Å². The van der Waals surface area contributed by atoms with Gasteiger partial charge in [-0.3, -0.25) is 19.1 Å².